The number of nitrogens with zero attached hydrogens (tertiary/aromatic N) is 3. The maximum Gasteiger partial charge on any atom is 0.126 e. The summed E-state index contributed by atoms with van der Waals surface area (Å²) in [5, 5.41) is 4.62. The molecule has 0 saturated carbocycles. The van der Waals surface area contributed by atoms with Gasteiger partial charge in [0.05, 0.1) is 17.3 Å². The Morgan fingerprint density at radius 3 is 2.94 bits per heavy atom. The van der Waals surface area contributed by atoms with Crippen LogP contribution in [0.25, 0.3) is 10.9 Å². The molecule has 0 radical (unpaired) electrons. The van der Waals surface area contributed by atoms with Gasteiger partial charge in [-0.25, -0.2) is 9.97 Å². The molecule has 94 valence electrons. The lowest BCUT2D eigenvalue weighted by Crippen LogP contribution is -2.44. The number of aryl methyl sites for hydroxylation is 1. The quantitative estimate of drug-likeness (QED) is 0.823. The fraction of sp³-hybridized carbons (Fsp3) is 0.429. The van der Waals surface area contributed by atoms with Crippen molar-refractivity contribution in [3.05, 3.63) is 35.8 Å². The van der Waals surface area contributed by atoms with Gasteiger partial charge in [-0.2, -0.15) is 0 Å². The number of piperazine rings is 1. The number of benzene rings is 1. The van der Waals surface area contributed by atoms with Gasteiger partial charge in [-0.15, -0.1) is 0 Å². The third-order valence-electron chi connectivity index (χ3n) is 3.57. The topological polar surface area (TPSA) is 41.1 Å². The van der Waals surface area contributed by atoms with Crippen molar-refractivity contribution in [2.75, 3.05) is 26.7 Å². The van der Waals surface area contributed by atoms with Crippen LogP contribution in [0.4, 0.5) is 0 Å². The number of rotatable bonds is 1. The van der Waals surface area contributed by atoms with E-state index in [1.807, 2.05) is 13.0 Å². The molecule has 0 spiro atoms. The molecule has 1 aromatic carbocycles. The number of hydrogen-bond donors (Lipinski definition) is 1. The SMILES string of the molecule is Cc1nc(C2CNCCN2C)c2ccccc2n1. The zero-order chi connectivity index (χ0) is 12.5. The highest BCUT2D eigenvalue weighted by molar-refractivity contribution is 5.81. The molecule has 3 rings (SSSR count). The van der Waals surface area contributed by atoms with Crippen LogP contribution in [0.1, 0.15) is 17.6 Å². The zero-order valence-corrected chi connectivity index (χ0v) is 10.8. The van der Waals surface area contributed by atoms with E-state index in [2.05, 4.69) is 45.4 Å². The third kappa shape index (κ3) is 1.98. The second kappa shape index (κ2) is 4.63. The second-order valence-electron chi connectivity index (χ2n) is 4.87. The Morgan fingerprint density at radius 2 is 2.11 bits per heavy atom. The fourth-order valence-corrected chi connectivity index (χ4v) is 2.59. The summed E-state index contributed by atoms with van der Waals surface area (Å²) in [5.74, 6) is 0.850. The minimum Gasteiger partial charge on any atom is -0.313 e. The maximum atomic E-state index is 4.68. The van der Waals surface area contributed by atoms with E-state index in [0.29, 0.717) is 6.04 Å². The van der Waals surface area contributed by atoms with E-state index in [0.717, 1.165) is 36.7 Å². The lowest BCUT2D eigenvalue weighted by atomic mass is 10.0. The third-order valence-corrected chi connectivity index (χ3v) is 3.57. The molecule has 4 heteroatoms. The summed E-state index contributed by atoms with van der Waals surface area (Å²) in [4.78, 5) is 11.6. The molecule has 0 bridgehead atoms. The molecule has 1 aromatic heterocycles. The molecule has 1 N–H and O–H groups in total. The number of fused-ring (bicyclic) bond motifs is 1. The van der Waals surface area contributed by atoms with Crippen LogP contribution in [0.5, 0.6) is 0 Å². The van der Waals surface area contributed by atoms with Gasteiger partial charge in [0.25, 0.3) is 0 Å². The average molecular weight is 242 g/mol. The van der Waals surface area contributed by atoms with Crippen molar-refractivity contribution in [2.24, 2.45) is 0 Å². The molecule has 4 nitrogen and oxygen atoms in total. The summed E-state index contributed by atoms with van der Waals surface area (Å²) in [6, 6.07) is 8.60. The molecule has 1 saturated heterocycles. The minimum absolute atomic E-state index is 0.338. The highest BCUT2D eigenvalue weighted by Crippen LogP contribution is 2.25. The molecular weight excluding hydrogens is 224 g/mol. The van der Waals surface area contributed by atoms with Gasteiger partial charge in [-0.05, 0) is 20.0 Å². The lowest BCUT2D eigenvalue weighted by molar-refractivity contribution is 0.199. The van der Waals surface area contributed by atoms with Gasteiger partial charge in [0, 0.05) is 25.0 Å². The van der Waals surface area contributed by atoms with Gasteiger partial charge in [0.2, 0.25) is 0 Å². The molecule has 1 aliphatic rings. The van der Waals surface area contributed by atoms with E-state index >= 15 is 0 Å². The molecule has 1 atom stereocenters. The van der Waals surface area contributed by atoms with E-state index in [4.69, 9.17) is 0 Å². The van der Waals surface area contributed by atoms with Gasteiger partial charge < -0.3 is 5.32 Å². The standard InChI is InChI=1S/C14H18N4/c1-10-16-12-6-4-3-5-11(12)14(17-10)13-9-15-7-8-18(13)2/h3-6,13,15H,7-9H2,1-2H3. The normalized spacial score (nSPS) is 21.3. The lowest BCUT2D eigenvalue weighted by Gasteiger charge is -2.33. The van der Waals surface area contributed by atoms with Crippen LogP contribution in [0.15, 0.2) is 24.3 Å². The second-order valence-corrected chi connectivity index (χ2v) is 4.87. The van der Waals surface area contributed by atoms with E-state index in [1.54, 1.807) is 0 Å². The first-order valence-corrected chi connectivity index (χ1v) is 6.40. The monoisotopic (exact) mass is 242 g/mol. The number of para-hydroxylation sites is 1. The largest absolute Gasteiger partial charge is 0.313 e. The first kappa shape index (κ1) is 11.6. The van der Waals surface area contributed by atoms with Crippen LogP contribution < -0.4 is 5.32 Å². The molecular formula is C14H18N4. The number of aromatic nitrogens is 2. The summed E-state index contributed by atoms with van der Waals surface area (Å²) in [6.07, 6.45) is 0. The van der Waals surface area contributed by atoms with Crippen LogP contribution in [0, 0.1) is 6.92 Å². The average Bonchev–Trinajstić information content (AvgIpc) is 2.38. The minimum atomic E-state index is 0.338. The van der Waals surface area contributed by atoms with Crippen molar-refractivity contribution in [3.63, 3.8) is 0 Å². The molecule has 1 aliphatic heterocycles. The van der Waals surface area contributed by atoms with Crippen LogP contribution in [0.3, 0.4) is 0 Å². The van der Waals surface area contributed by atoms with Crippen LogP contribution in [-0.2, 0) is 0 Å². The summed E-state index contributed by atoms with van der Waals surface area (Å²) in [6.45, 7) is 5.03. The van der Waals surface area contributed by atoms with Crippen molar-refractivity contribution < 1.29 is 0 Å². The van der Waals surface area contributed by atoms with Gasteiger partial charge in [-0.1, -0.05) is 18.2 Å². The Labute approximate surface area is 107 Å². The molecule has 0 aliphatic carbocycles. The molecule has 18 heavy (non-hydrogen) atoms. The predicted octanol–water partition coefficient (Wildman–Crippen LogP) is 1.51. The Balaban J connectivity index is 2.15. The van der Waals surface area contributed by atoms with Crippen LogP contribution in [0.2, 0.25) is 0 Å². The smallest absolute Gasteiger partial charge is 0.126 e. The molecule has 1 fully saturated rings. The molecule has 2 heterocycles. The summed E-state index contributed by atoms with van der Waals surface area (Å²) < 4.78 is 0. The summed E-state index contributed by atoms with van der Waals surface area (Å²) in [7, 11) is 2.16. The van der Waals surface area contributed by atoms with Crippen molar-refractivity contribution in [1.82, 2.24) is 20.2 Å². The first-order chi connectivity index (χ1) is 8.75. The van der Waals surface area contributed by atoms with Crippen molar-refractivity contribution in [2.45, 2.75) is 13.0 Å². The molecule has 2 aromatic rings. The van der Waals surface area contributed by atoms with Crippen LogP contribution >= 0.6 is 0 Å². The van der Waals surface area contributed by atoms with Crippen molar-refractivity contribution in [1.29, 1.82) is 0 Å². The van der Waals surface area contributed by atoms with E-state index in [-0.39, 0.29) is 0 Å². The number of nitrogens with one attached hydrogen (secondary N) is 1. The van der Waals surface area contributed by atoms with Crippen molar-refractivity contribution >= 4 is 10.9 Å². The van der Waals surface area contributed by atoms with Gasteiger partial charge in [-0.3, -0.25) is 4.90 Å². The van der Waals surface area contributed by atoms with E-state index in [1.165, 1.54) is 5.39 Å². The van der Waals surface area contributed by atoms with Gasteiger partial charge in [0.1, 0.15) is 5.82 Å². The summed E-state index contributed by atoms with van der Waals surface area (Å²) >= 11 is 0. The molecule has 0 amide bonds. The van der Waals surface area contributed by atoms with Crippen molar-refractivity contribution in [3.8, 4) is 0 Å². The highest BCUT2D eigenvalue weighted by atomic mass is 15.2. The Morgan fingerprint density at radius 1 is 1.28 bits per heavy atom. The maximum absolute atomic E-state index is 4.68. The number of hydrogen-bond acceptors (Lipinski definition) is 4. The van der Waals surface area contributed by atoms with Gasteiger partial charge >= 0.3 is 0 Å². The summed E-state index contributed by atoms with van der Waals surface area (Å²) in [5.41, 5.74) is 2.19. The Kier molecular flexibility index (Phi) is 2.97. The Hall–Kier alpha value is -1.52. The highest BCUT2D eigenvalue weighted by Gasteiger charge is 2.23. The van der Waals surface area contributed by atoms with Crippen LogP contribution in [-0.4, -0.2) is 41.5 Å². The number of likely N-dealkylation sites (N-methyl/N-ethyl adjacent to an activating group) is 1. The Bertz CT molecular complexity index is 567. The zero-order valence-electron chi connectivity index (χ0n) is 10.8. The predicted molar refractivity (Wildman–Crippen MR) is 72.5 cm³/mol. The van der Waals surface area contributed by atoms with Gasteiger partial charge in [0.15, 0.2) is 0 Å². The molecule has 1 unspecified atom stereocenters. The first-order valence-electron chi connectivity index (χ1n) is 6.40. The fourth-order valence-electron chi connectivity index (χ4n) is 2.59. The van der Waals surface area contributed by atoms with E-state index < -0.39 is 0 Å². The van der Waals surface area contributed by atoms with E-state index in [9.17, 15) is 0 Å².